The lowest BCUT2D eigenvalue weighted by molar-refractivity contribution is -0.128. The minimum absolute atomic E-state index is 0.0147. The standard InChI is InChI=1S/C18H14ClFN4O2/c19-14-7-11(1-2-15(14)20)9-24-10-13(8-16(24)25)18-22-17(23-26-18)12-3-5-21-6-4-12/h1-7,13H,8-10H2. The predicted octanol–water partition coefficient (Wildman–Crippen LogP) is 3.44. The number of nitrogens with zero attached hydrogens (tertiary/aromatic N) is 4. The number of halogens is 2. The number of hydrogen-bond donors (Lipinski definition) is 0. The first kappa shape index (κ1) is 16.7. The van der Waals surface area contributed by atoms with E-state index in [0.717, 1.165) is 11.1 Å². The molecule has 3 aromatic rings. The van der Waals surface area contributed by atoms with Crippen LogP contribution < -0.4 is 0 Å². The van der Waals surface area contributed by atoms with Gasteiger partial charge in [0.1, 0.15) is 5.82 Å². The van der Waals surface area contributed by atoms with Crippen molar-refractivity contribution in [3.63, 3.8) is 0 Å². The molecule has 0 saturated carbocycles. The van der Waals surface area contributed by atoms with E-state index in [-0.39, 0.29) is 16.8 Å². The Morgan fingerprint density at radius 1 is 1.27 bits per heavy atom. The fourth-order valence-electron chi connectivity index (χ4n) is 2.97. The molecule has 1 aromatic carbocycles. The van der Waals surface area contributed by atoms with Crippen molar-refractivity contribution in [3.8, 4) is 11.4 Å². The van der Waals surface area contributed by atoms with Crippen molar-refractivity contribution < 1.29 is 13.7 Å². The maximum absolute atomic E-state index is 13.3. The summed E-state index contributed by atoms with van der Waals surface area (Å²) in [7, 11) is 0. The second-order valence-corrected chi connectivity index (χ2v) is 6.52. The molecule has 4 rings (SSSR count). The number of aromatic nitrogens is 3. The molecule has 1 aliphatic rings. The lowest BCUT2D eigenvalue weighted by Crippen LogP contribution is -2.24. The van der Waals surface area contributed by atoms with Crippen molar-refractivity contribution in [2.24, 2.45) is 0 Å². The van der Waals surface area contributed by atoms with E-state index in [4.69, 9.17) is 16.1 Å². The maximum atomic E-state index is 13.3. The zero-order chi connectivity index (χ0) is 18.1. The highest BCUT2D eigenvalue weighted by Crippen LogP contribution is 2.30. The number of likely N-dealkylation sites (tertiary alicyclic amines) is 1. The minimum Gasteiger partial charge on any atom is -0.339 e. The van der Waals surface area contributed by atoms with Gasteiger partial charge in [0.15, 0.2) is 0 Å². The van der Waals surface area contributed by atoms with Crippen LogP contribution in [0.3, 0.4) is 0 Å². The molecule has 8 heteroatoms. The van der Waals surface area contributed by atoms with Crippen LogP contribution in [0.4, 0.5) is 4.39 Å². The number of amides is 1. The minimum atomic E-state index is -0.476. The monoisotopic (exact) mass is 372 g/mol. The summed E-state index contributed by atoms with van der Waals surface area (Å²) >= 11 is 5.81. The third kappa shape index (κ3) is 3.30. The van der Waals surface area contributed by atoms with E-state index < -0.39 is 5.82 Å². The summed E-state index contributed by atoms with van der Waals surface area (Å²) in [5.74, 6) is 0.250. The van der Waals surface area contributed by atoms with Crippen molar-refractivity contribution in [3.05, 3.63) is 65.0 Å². The summed E-state index contributed by atoms with van der Waals surface area (Å²) in [6.07, 6.45) is 3.60. The number of carbonyl (C=O) groups excluding carboxylic acids is 1. The molecule has 6 nitrogen and oxygen atoms in total. The molecule has 3 heterocycles. The van der Waals surface area contributed by atoms with Crippen molar-refractivity contribution in [1.29, 1.82) is 0 Å². The molecule has 1 amide bonds. The second kappa shape index (κ2) is 6.84. The summed E-state index contributed by atoms with van der Waals surface area (Å²) in [6.45, 7) is 0.826. The van der Waals surface area contributed by atoms with E-state index in [9.17, 15) is 9.18 Å². The average molecular weight is 373 g/mol. The molecule has 1 saturated heterocycles. The van der Waals surface area contributed by atoms with Crippen LogP contribution in [0.1, 0.15) is 23.8 Å². The molecule has 0 bridgehead atoms. The summed E-state index contributed by atoms with van der Waals surface area (Å²) in [6, 6.07) is 8.04. The highest BCUT2D eigenvalue weighted by atomic mass is 35.5. The Kier molecular flexibility index (Phi) is 4.38. The largest absolute Gasteiger partial charge is 0.339 e. The summed E-state index contributed by atoms with van der Waals surface area (Å²) < 4.78 is 18.6. The lowest BCUT2D eigenvalue weighted by Gasteiger charge is -2.16. The first-order chi connectivity index (χ1) is 12.6. The van der Waals surface area contributed by atoms with Gasteiger partial charge < -0.3 is 9.42 Å². The fourth-order valence-corrected chi connectivity index (χ4v) is 3.17. The Hall–Kier alpha value is -2.80. The van der Waals surface area contributed by atoms with Gasteiger partial charge in [0.25, 0.3) is 0 Å². The molecule has 0 spiro atoms. The molecule has 1 atom stereocenters. The van der Waals surface area contributed by atoms with E-state index >= 15 is 0 Å². The molecule has 1 fully saturated rings. The van der Waals surface area contributed by atoms with Crippen molar-refractivity contribution >= 4 is 17.5 Å². The van der Waals surface area contributed by atoms with Gasteiger partial charge in [0.05, 0.1) is 10.9 Å². The van der Waals surface area contributed by atoms with Crippen molar-refractivity contribution in [2.45, 2.75) is 18.9 Å². The topological polar surface area (TPSA) is 72.1 Å². The first-order valence-electron chi connectivity index (χ1n) is 8.06. The molecule has 2 aromatic heterocycles. The summed E-state index contributed by atoms with van der Waals surface area (Å²) in [5, 5.41) is 4.03. The fraction of sp³-hybridized carbons (Fsp3) is 0.222. The van der Waals surface area contributed by atoms with Crippen LogP contribution in [0.2, 0.25) is 5.02 Å². The molecule has 1 unspecified atom stereocenters. The van der Waals surface area contributed by atoms with Gasteiger partial charge in [-0.1, -0.05) is 22.8 Å². The van der Waals surface area contributed by atoms with Crippen LogP contribution in [-0.4, -0.2) is 32.5 Å². The van der Waals surface area contributed by atoms with Gasteiger partial charge >= 0.3 is 0 Å². The number of benzene rings is 1. The highest BCUT2D eigenvalue weighted by Gasteiger charge is 2.34. The first-order valence-corrected chi connectivity index (χ1v) is 8.43. The van der Waals surface area contributed by atoms with Gasteiger partial charge in [-0.2, -0.15) is 4.98 Å². The van der Waals surface area contributed by atoms with E-state index in [1.165, 1.54) is 12.1 Å². The smallest absolute Gasteiger partial charge is 0.232 e. The van der Waals surface area contributed by atoms with Crippen LogP contribution in [-0.2, 0) is 11.3 Å². The zero-order valence-electron chi connectivity index (χ0n) is 13.6. The van der Waals surface area contributed by atoms with Crippen molar-refractivity contribution in [1.82, 2.24) is 20.0 Å². The average Bonchev–Trinajstić information content (AvgIpc) is 3.27. The van der Waals surface area contributed by atoms with Crippen LogP contribution in [0.5, 0.6) is 0 Å². The van der Waals surface area contributed by atoms with Crippen LogP contribution in [0.15, 0.2) is 47.2 Å². The van der Waals surface area contributed by atoms with E-state index in [1.807, 2.05) is 0 Å². The van der Waals surface area contributed by atoms with Gasteiger partial charge in [0.2, 0.25) is 17.6 Å². The van der Waals surface area contributed by atoms with Gasteiger partial charge in [-0.05, 0) is 29.8 Å². The molecule has 0 aliphatic carbocycles. The molecule has 0 radical (unpaired) electrons. The van der Waals surface area contributed by atoms with Gasteiger partial charge in [0, 0.05) is 37.5 Å². The van der Waals surface area contributed by atoms with Crippen LogP contribution >= 0.6 is 11.6 Å². The number of pyridine rings is 1. The quantitative estimate of drug-likeness (QED) is 0.701. The lowest BCUT2D eigenvalue weighted by atomic mass is 10.1. The molecule has 1 aliphatic heterocycles. The van der Waals surface area contributed by atoms with Crippen LogP contribution in [0, 0.1) is 5.82 Å². The van der Waals surface area contributed by atoms with Gasteiger partial charge in [-0.15, -0.1) is 0 Å². The molecular weight excluding hydrogens is 359 g/mol. The Bertz CT molecular complexity index is 947. The third-order valence-corrected chi connectivity index (χ3v) is 4.59. The Balaban J connectivity index is 1.48. The SMILES string of the molecule is O=C1CC(c2nc(-c3ccncc3)no2)CN1Cc1ccc(F)c(Cl)c1. The third-order valence-electron chi connectivity index (χ3n) is 4.30. The van der Waals surface area contributed by atoms with Crippen molar-refractivity contribution in [2.75, 3.05) is 6.54 Å². The predicted molar refractivity (Wildman–Crippen MR) is 91.7 cm³/mol. The molecule has 132 valence electrons. The maximum Gasteiger partial charge on any atom is 0.232 e. The van der Waals surface area contributed by atoms with E-state index in [1.54, 1.807) is 35.5 Å². The highest BCUT2D eigenvalue weighted by molar-refractivity contribution is 6.30. The normalized spacial score (nSPS) is 17.1. The van der Waals surface area contributed by atoms with Gasteiger partial charge in [-0.25, -0.2) is 4.39 Å². The van der Waals surface area contributed by atoms with Gasteiger partial charge in [-0.3, -0.25) is 9.78 Å². The second-order valence-electron chi connectivity index (χ2n) is 6.12. The van der Waals surface area contributed by atoms with E-state index in [0.29, 0.717) is 31.2 Å². The molecule has 0 N–H and O–H groups in total. The summed E-state index contributed by atoms with van der Waals surface area (Å²) in [5.41, 5.74) is 1.57. The molecule has 26 heavy (non-hydrogen) atoms. The zero-order valence-corrected chi connectivity index (χ0v) is 14.4. The molecular formula is C18H14ClFN4O2. The Morgan fingerprint density at radius 2 is 2.08 bits per heavy atom. The number of carbonyl (C=O) groups is 1. The van der Waals surface area contributed by atoms with Crippen LogP contribution in [0.25, 0.3) is 11.4 Å². The Morgan fingerprint density at radius 3 is 2.85 bits per heavy atom. The Labute approximate surface area is 153 Å². The summed E-state index contributed by atoms with van der Waals surface area (Å²) in [4.78, 5) is 22.4. The number of hydrogen-bond acceptors (Lipinski definition) is 5. The van der Waals surface area contributed by atoms with E-state index in [2.05, 4.69) is 15.1 Å². The number of rotatable bonds is 4.